The third-order valence-corrected chi connectivity index (χ3v) is 2.85. The van der Waals surface area contributed by atoms with Crippen LogP contribution in [0.15, 0.2) is 36.4 Å². The summed E-state index contributed by atoms with van der Waals surface area (Å²) in [6, 6.07) is 7.30. The molecular weight excluding hydrogens is 220 g/mol. The second kappa shape index (κ2) is 6.07. The van der Waals surface area contributed by atoms with Crippen molar-refractivity contribution in [3.63, 3.8) is 0 Å². The summed E-state index contributed by atoms with van der Waals surface area (Å²) in [5.74, 6) is 0. The molecule has 1 N–H and O–H groups in total. The van der Waals surface area contributed by atoms with E-state index in [4.69, 9.17) is 11.6 Å². The van der Waals surface area contributed by atoms with E-state index in [9.17, 15) is 5.11 Å². The molecule has 88 valence electrons. The molecule has 1 rings (SSSR count). The zero-order chi connectivity index (χ0) is 12.0. The lowest BCUT2D eigenvalue weighted by Crippen LogP contribution is -2.17. The van der Waals surface area contributed by atoms with Crippen LogP contribution in [-0.4, -0.2) is 5.11 Å². The minimum atomic E-state index is -0.904. The quantitative estimate of drug-likeness (QED) is 0.599. The van der Waals surface area contributed by atoms with Crippen LogP contribution in [0.4, 0.5) is 0 Å². The molecular formula is C14H19ClO. The predicted molar refractivity (Wildman–Crippen MR) is 69.7 cm³/mol. The van der Waals surface area contributed by atoms with E-state index in [0.717, 1.165) is 18.4 Å². The smallest absolute Gasteiger partial charge is 0.105 e. The number of rotatable bonds is 5. The Morgan fingerprint density at radius 1 is 1.31 bits per heavy atom. The van der Waals surface area contributed by atoms with Gasteiger partial charge >= 0.3 is 0 Å². The van der Waals surface area contributed by atoms with Crippen LogP contribution in [0.5, 0.6) is 0 Å². The van der Waals surface area contributed by atoms with Crippen LogP contribution in [0.1, 0.15) is 38.7 Å². The summed E-state index contributed by atoms with van der Waals surface area (Å²) in [7, 11) is 0. The SMILES string of the molecule is CCCC/C=C/C(C)(O)c1ccc(Cl)cc1. The molecule has 16 heavy (non-hydrogen) atoms. The summed E-state index contributed by atoms with van der Waals surface area (Å²) in [6.07, 6.45) is 7.24. The lowest BCUT2D eigenvalue weighted by atomic mass is 9.95. The van der Waals surface area contributed by atoms with E-state index in [1.54, 1.807) is 19.1 Å². The minimum Gasteiger partial charge on any atom is -0.381 e. The predicted octanol–water partition coefficient (Wildman–Crippen LogP) is 4.29. The summed E-state index contributed by atoms with van der Waals surface area (Å²) in [4.78, 5) is 0. The van der Waals surface area contributed by atoms with Crippen LogP contribution in [-0.2, 0) is 5.60 Å². The Bertz CT molecular complexity index is 338. The van der Waals surface area contributed by atoms with Crippen molar-refractivity contribution in [1.82, 2.24) is 0 Å². The highest BCUT2D eigenvalue weighted by Gasteiger charge is 2.18. The van der Waals surface area contributed by atoms with Gasteiger partial charge in [-0.1, -0.05) is 55.7 Å². The van der Waals surface area contributed by atoms with Gasteiger partial charge in [-0.15, -0.1) is 0 Å². The maximum absolute atomic E-state index is 10.2. The Morgan fingerprint density at radius 3 is 2.50 bits per heavy atom. The highest BCUT2D eigenvalue weighted by Crippen LogP contribution is 2.23. The van der Waals surface area contributed by atoms with Gasteiger partial charge < -0.3 is 5.11 Å². The average Bonchev–Trinajstić information content (AvgIpc) is 2.25. The van der Waals surface area contributed by atoms with Gasteiger partial charge in [-0.05, 0) is 31.0 Å². The van der Waals surface area contributed by atoms with E-state index in [-0.39, 0.29) is 0 Å². The molecule has 0 heterocycles. The molecule has 0 spiro atoms. The molecule has 0 aliphatic carbocycles. The number of hydrogen-bond donors (Lipinski definition) is 1. The van der Waals surface area contributed by atoms with E-state index >= 15 is 0 Å². The Morgan fingerprint density at radius 2 is 1.94 bits per heavy atom. The van der Waals surface area contributed by atoms with Gasteiger partial charge in [0.1, 0.15) is 5.60 Å². The summed E-state index contributed by atoms with van der Waals surface area (Å²) in [5.41, 5.74) is -0.0390. The topological polar surface area (TPSA) is 20.2 Å². The van der Waals surface area contributed by atoms with Crippen molar-refractivity contribution in [2.75, 3.05) is 0 Å². The van der Waals surface area contributed by atoms with Crippen molar-refractivity contribution < 1.29 is 5.11 Å². The first-order valence-electron chi connectivity index (χ1n) is 5.72. The third-order valence-electron chi connectivity index (χ3n) is 2.60. The van der Waals surface area contributed by atoms with Crippen LogP contribution >= 0.6 is 11.6 Å². The Kier molecular flexibility index (Phi) is 5.04. The van der Waals surface area contributed by atoms with Crippen molar-refractivity contribution in [2.45, 2.75) is 38.7 Å². The van der Waals surface area contributed by atoms with Crippen LogP contribution in [0, 0.1) is 0 Å². The first-order valence-corrected chi connectivity index (χ1v) is 6.10. The normalized spacial score (nSPS) is 15.2. The molecule has 1 nitrogen and oxygen atoms in total. The molecule has 0 fully saturated rings. The van der Waals surface area contributed by atoms with Crippen LogP contribution in [0.3, 0.4) is 0 Å². The van der Waals surface area contributed by atoms with E-state index in [2.05, 4.69) is 6.92 Å². The Balaban J connectivity index is 2.69. The van der Waals surface area contributed by atoms with Crippen LogP contribution < -0.4 is 0 Å². The largest absolute Gasteiger partial charge is 0.381 e. The van der Waals surface area contributed by atoms with Gasteiger partial charge in [0.2, 0.25) is 0 Å². The van der Waals surface area contributed by atoms with Crippen molar-refractivity contribution in [1.29, 1.82) is 0 Å². The van der Waals surface area contributed by atoms with Gasteiger partial charge in [0, 0.05) is 5.02 Å². The fourth-order valence-corrected chi connectivity index (χ4v) is 1.64. The summed E-state index contributed by atoms with van der Waals surface area (Å²) < 4.78 is 0. The fraction of sp³-hybridized carbons (Fsp3) is 0.429. The Hall–Kier alpha value is -0.790. The van der Waals surface area contributed by atoms with E-state index < -0.39 is 5.60 Å². The van der Waals surface area contributed by atoms with Gasteiger partial charge in [-0.25, -0.2) is 0 Å². The van der Waals surface area contributed by atoms with Gasteiger partial charge in [-0.2, -0.15) is 0 Å². The van der Waals surface area contributed by atoms with Crippen LogP contribution in [0.2, 0.25) is 5.02 Å². The molecule has 0 aromatic heterocycles. The Labute approximate surface area is 103 Å². The number of halogens is 1. The van der Waals surface area contributed by atoms with Crippen molar-refractivity contribution in [3.05, 3.63) is 47.0 Å². The number of aliphatic hydroxyl groups is 1. The van der Waals surface area contributed by atoms with Crippen molar-refractivity contribution in [2.24, 2.45) is 0 Å². The first kappa shape index (κ1) is 13.3. The molecule has 0 aliphatic heterocycles. The monoisotopic (exact) mass is 238 g/mol. The van der Waals surface area contributed by atoms with Gasteiger partial charge in [0.15, 0.2) is 0 Å². The van der Waals surface area contributed by atoms with E-state index in [1.165, 1.54) is 6.42 Å². The maximum Gasteiger partial charge on any atom is 0.105 e. The highest BCUT2D eigenvalue weighted by molar-refractivity contribution is 6.30. The minimum absolute atomic E-state index is 0.689. The molecule has 0 amide bonds. The zero-order valence-corrected chi connectivity index (χ0v) is 10.7. The lowest BCUT2D eigenvalue weighted by molar-refractivity contribution is 0.111. The summed E-state index contributed by atoms with van der Waals surface area (Å²) in [6.45, 7) is 3.95. The molecule has 2 heteroatoms. The molecule has 1 aromatic rings. The number of hydrogen-bond acceptors (Lipinski definition) is 1. The molecule has 1 aromatic carbocycles. The first-order chi connectivity index (χ1) is 7.56. The highest BCUT2D eigenvalue weighted by atomic mass is 35.5. The third kappa shape index (κ3) is 3.99. The van der Waals surface area contributed by atoms with E-state index in [0.29, 0.717) is 5.02 Å². The molecule has 1 unspecified atom stereocenters. The lowest BCUT2D eigenvalue weighted by Gasteiger charge is -2.19. The van der Waals surface area contributed by atoms with Crippen molar-refractivity contribution >= 4 is 11.6 Å². The summed E-state index contributed by atoms with van der Waals surface area (Å²) in [5, 5.41) is 10.9. The molecule has 0 saturated heterocycles. The zero-order valence-electron chi connectivity index (χ0n) is 9.91. The molecule has 0 aliphatic rings. The number of benzene rings is 1. The number of unbranched alkanes of at least 4 members (excludes halogenated alkanes) is 2. The van der Waals surface area contributed by atoms with Crippen LogP contribution in [0.25, 0.3) is 0 Å². The molecule has 0 radical (unpaired) electrons. The van der Waals surface area contributed by atoms with Gasteiger partial charge in [0.25, 0.3) is 0 Å². The molecule has 0 bridgehead atoms. The second-order valence-corrected chi connectivity index (χ2v) is 4.64. The van der Waals surface area contributed by atoms with Gasteiger partial charge in [0.05, 0.1) is 0 Å². The van der Waals surface area contributed by atoms with Gasteiger partial charge in [-0.3, -0.25) is 0 Å². The van der Waals surface area contributed by atoms with E-state index in [1.807, 2.05) is 24.3 Å². The molecule has 0 saturated carbocycles. The maximum atomic E-state index is 10.2. The standard InChI is InChI=1S/C14H19ClO/c1-3-4-5-6-11-14(2,16)12-7-9-13(15)10-8-12/h6-11,16H,3-5H2,1-2H3/b11-6+. The summed E-state index contributed by atoms with van der Waals surface area (Å²) >= 11 is 5.81. The average molecular weight is 239 g/mol. The van der Waals surface area contributed by atoms with Crippen molar-refractivity contribution in [3.8, 4) is 0 Å². The number of allylic oxidation sites excluding steroid dienone is 1. The second-order valence-electron chi connectivity index (χ2n) is 4.20. The fourth-order valence-electron chi connectivity index (χ4n) is 1.52. The molecule has 1 atom stereocenters.